The standard InChI is InChI=1S/C8H7ClN2O/c1-12-7-5-11-8(9)4-6(7)2-3-10/h4-5H,2H2,1H3. The van der Waals surface area contributed by atoms with Crippen molar-refractivity contribution in [1.29, 1.82) is 5.26 Å². The van der Waals surface area contributed by atoms with Crippen molar-refractivity contribution in [3.8, 4) is 11.8 Å². The van der Waals surface area contributed by atoms with Crippen LogP contribution in [-0.2, 0) is 6.42 Å². The molecule has 0 N–H and O–H groups in total. The fourth-order valence-electron chi connectivity index (χ4n) is 0.862. The Labute approximate surface area is 75.6 Å². The van der Waals surface area contributed by atoms with Crippen molar-refractivity contribution in [2.24, 2.45) is 0 Å². The highest BCUT2D eigenvalue weighted by Crippen LogP contribution is 2.19. The molecule has 0 radical (unpaired) electrons. The molecule has 12 heavy (non-hydrogen) atoms. The average molecular weight is 183 g/mol. The van der Waals surface area contributed by atoms with Gasteiger partial charge in [0, 0.05) is 5.56 Å². The van der Waals surface area contributed by atoms with E-state index in [4.69, 9.17) is 21.6 Å². The number of nitrogens with zero attached hydrogens (tertiary/aromatic N) is 2. The Hall–Kier alpha value is -1.27. The Morgan fingerprint density at radius 3 is 3.08 bits per heavy atom. The molecule has 0 saturated heterocycles. The van der Waals surface area contributed by atoms with Crippen molar-refractivity contribution in [3.05, 3.63) is 23.0 Å². The van der Waals surface area contributed by atoms with Crippen LogP contribution < -0.4 is 4.74 Å². The zero-order valence-corrected chi connectivity index (χ0v) is 7.30. The van der Waals surface area contributed by atoms with Gasteiger partial charge in [-0.15, -0.1) is 0 Å². The second-order valence-corrected chi connectivity index (χ2v) is 2.54. The van der Waals surface area contributed by atoms with Crippen LogP contribution in [0.15, 0.2) is 12.3 Å². The predicted molar refractivity (Wildman–Crippen MR) is 45.1 cm³/mol. The van der Waals surface area contributed by atoms with Gasteiger partial charge in [0.1, 0.15) is 10.9 Å². The summed E-state index contributed by atoms with van der Waals surface area (Å²) in [4.78, 5) is 3.82. The molecule has 0 aliphatic rings. The van der Waals surface area contributed by atoms with Gasteiger partial charge in [0.25, 0.3) is 0 Å². The van der Waals surface area contributed by atoms with Gasteiger partial charge < -0.3 is 4.74 Å². The number of hydrogen-bond donors (Lipinski definition) is 0. The van der Waals surface area contributed by atoms with Crippen molar-refractivity contribution in [2.45, 2.75) is 6.42 Å². The monoisotopic (exact) mass is 182 g/mol. The molecule has 1 heterocycles. The third-order valence-electron chi connectivity index (χ3n) is 1.40. The molecule has 0 aromatic carbocycles. The van der Waals surface area contributed by atoms with Gasteiger partial charge in [-0.05, 0) is 6.07 Å². The molecular weight excluding hydrogens is 176 g/mol. The summed E-state index contributed by atoms with van der Waals surface area (Å²) in [5.74, 6) is 0.598. The molecule has 0 bridgehead atoms. The lowest BCUT2D eigenvalue weighted by atomic mass is 10.2. The van der Waals surface area contributed by atoms with E-state index in [0.717, 1.165) is 5.56 Å². The molecule has 1 aromatic rings. The maximum Gasteiger partial charge on any atom is 0.141 e. The smallest absolute Gasteiger partial charge is 0.141 e. The van der Waals surface area contributed by atoms with E-state index in [9.17, 15) is 0 Å². The van der Waals surface area contributed by atoms with Crippen LogP contribution in [0.2, 0.25) is 5.15 Å². The van der Waals surface area contributed by atoms with Gasteiger partial charge in [0.05, 0.1) is 25.8 Å². The molecule has 0 amide bonds. The second-order valence-electron chi connectivity index (χ2n) is 2.15. The fourth-order valence-corrected chi connectivity index (χ4v) is 1.04. The lowest BCUT2D eigenvalue weighted by molar-refractivity contribution is 0.409. The van der Waals surface area contributed by atoms with Gasteiger partial charge in [0.15, 0.2) is 0 Å². The van der Waals surface area contributed by atoms with Gasteiger partial charge in [-0.1, -0.05) is 11.6 Å². The summed E-state index contributed by atoms with van der Waals surface area (Å²) in [6.45, 7) is 0. The molecule has 3 nitrogen and oxygen atoms in total. The number of methoxy groups -OCH3 is 1. The summed E-state index contributed by atoms with van der Waals surface area (Å²) >= 11 is 5.63. The average Bonchev–Trinajstić information content (AvgIpc) is 2.05. The Kier molecular flexibility index (Phi) is 2.89. The topological polar surface area (TPSA) is 45.9 Å². The predicted octanol–water partition coefficient (Wildman–Crippen LogP) is 1.81. The Morgan fingerprint density at radius 1 is 1.75 bits per heavy atom. The summed E-state index contributed by atoms with van der Waals surface area (Å²) in [6, 6.07) is 3.65. The molecule has 0 aliphatic carbocycles. The number of hydrogen-bond acceptors (Lipinski definition) is 3. The first-order valence-corrected chi connectivity index (χ1v) is 3.71. The van der Waals surface area contributed by atoms with E-state index in [-0.39, 0.29) is 6.42 Å². The molecule has 1 rings (SSSR count). The molecule has 0 spiro atoms. The van der Waals surface area contributed by atoms with Crippen molar-refractivity contribution < 1.29 is 4.74 Å². The van der Waals surface area contributed by atoms with Gasteiger partial charge in [0.2, 0.25) is 0 Å². The quantitative estimate of drug-likeness (QED) is 0.656. The van der Waals surface area contributed by atoms with E-state index in [2.05, 4.69) is 4.98 Å². The summed E-state index contributed by atoms with van der Waals surface area (Å²) in [6.07, 6.45) is 1.79. The Balaban J connectivity index is 3.05. The first-order valence-electron chi connectivity index (χ1n) is 3.33. The van der Waals surface area contributed by atoms with E-state index >= 15 is 0 Å². The van der Waals surface area contributed by atoms with Crippen LogP contribution in [0, 0.1) is 11.3 Å². The van der Waals surface area contributed by atoms with Crippen LogP contribution in [0.4, 0.5) is 0 Å². The van der Waals surface area contributed by atoms with Crippen LogP contribution >= 0.6 is 11.6 Å². The van der Waals surface area contributed by atoms with Crippen LogP contribution in [0.25, 0.3) is 0 Å². The van der Waals surface area contributed by atoms with Crippen molar-refractivity contribution in [2.75, 3.05) is 7.11 Å². The van der Waals surface area contributed by atoms with Gasteiger partial charge in [-0.3, -0.25) is 0 Å². The summed E-state index contributed by atoms with van der Waals surface area (Å²) in [7, 11) is 1.53. The number of ether oxygens (including phenoxy) is 1. The molecule has 0 unspecified atom stereocenters. The number of pyridine rings is 1. The minimum atomic E-state index is 0.283. The minimum absolute atomic E-state index is 0.283. The van der Waals surface area contributed by atoms with Crippen molar-refractivity contribution in [1.82, 2.24) is 4.98 Å². The number of aromatic nitrogens is 1. The zero-order valence-electron chi connectivity index (χ0n) is 6.54. The number of halogens is 1. The number of nitriles is 1. The van der Waals surface area contributed by atoms with Crippen LogP contribution in [0.1, 0.15) is 5.56 Å². The summed E-state index contributed by atoms with van der Waals surface area (Å²) in [5, 5.41) is 8.84. The molecule has 0 aliphatic heterocycles. The molecule has 62 valence electrons. The maximum atomic E-state index is 8.46. The molecule has 0 atom stereocenters. The second kappa shape index (κ2) is 3.93. The minimum Gasteiger partial charge on any atom is -0.495 e. The van der Waals surface area contributed by atoms with Crippen LogP contribution in [-0.4, -0.2) is 12.1 Å². The number of rotatable bonds is 2. The lowest BCUT2D eigenvalue weighted by Gasteiger charge is -2.03. The highest BCUT2D eigenvalue weighted by atomic mass is 35.5. The first kappa shape index (κ1) is 8.82. The Bertz CT molecular complexity index is 319. The van der Waals surface area contributed by atoms with E-state index in [1.165, 1.54) is 13.3 Å². The Morgan fingerprint density at radius 2 is 2.50 bits per heavy atom. The van der Waals surface area contributed by atoms with Gasteiger partial charge in [-0.2, -0.15) is 5.26 Å². The fraction of sp³-hybridized carbons (Fsp3) is 0.250. The van der Waals surface area contributed by atoms with E-state index in [1.54, 1.807) is 6.07 Å². The van der Waals surface area contributed by atoms with Crippen molar-refractivity contribution >= 4 is 11.6 Å². The third kappa shape index (κ3) is 1.86. The molecule has 0 saturated carbocycles. The molecule has 1 aromatic heterocycles. The third-order valence-corrected chi connectivity index (χ3v) is 1.61. The van der Waals surface area contributed by atoms with Crippen LogP contribution in [0.5, 0.6) is 5.75 Å². The van der Waals surface area contributed by atoms with E-state index in [1.807, 2.05) is 6.07 Å². The molecular formula is C8H7ClN2O. The largest absolute Gasteiger partial charge is 0.495 e. The van der Waals surface area contributed by atoms with Crippen LogP contribution in [0.3, 0.4) is 0 Å². The molecule has 4 heteroatoms. The van der Waals surface area contributed by atoms with Gasteiger partial charge in [-0.25, -0.2) is 4.98 Å². The van der Waals surface area contributed by atoms with Gasteiger partial charge >= 0.3 is 0 Å². The summed E-state index contributed by atoms with van der Waals surface area (Å²) < 4.78 is 4.98. The lowest BCUT2D eigenvalue weighted by Crippen LogP contribution is -1.92. The first-order chi connectivity index (χ1) is 5.77. The molecule has 0 fully saturated rings. The highest BCUT2D eigenvalue weighted by molar-refractivity contribution is 6.29. The van der Waals surface area contributed by atoms with E-state index in [0.29, 0.717) is 10.9 Å². The normalized spacial score (nSPS) is 9.08. The zero-order chi connectivity index (χ0) is 8.97. The highest BCUT2D eigenvalue weighted by Gasteiger charge is 2.03. The summed E-state index contributed by atoms with van der Waals surface area (Å²) in [5.41, 5.74) is 0.764. The van der Waals surface area contributed by atoms with E-state index < -0.39 is 0 Å². The SMILES string of the molecule is COc1cnc(Cl)cc1CC#N. The van der Waals surface area contributed by atoms with Crippen molar-refractivity contribution in [3.63, 3.8) is 0 Å². The maximum absolute atomic E-state index is 8.46.